The number of carbonyl (C=O) groups excluding carboxylic acids is 3. The number of esters is 1. The summed E-state index contributed by atoms with van der Waals surface area (Å²) in [5.41, 5.74) is 1.52. The molecule has 0 heterocycles. The quantitative estimate of drug-likeness (QED) is 0.442. The number of rotatable bonds is 5. The van der Waals surface area contributed by atoms with E-state index in [0.29, 0.717) is 5.56 Å². The Labute approximate surface area is 99.6 Å². The predicted molar refractivity (Wildman–Crippen MR) is 61.8 cm³/mol. The molecular weight excluding hydrogens is 220 g/mol. The van der Waals surface area contributed by atoms with E-state index in [2.05, 4.69) is 4.74 Å². The van der Waals surface area contributed by atoms with Crippen molar-refractivity contribution in [3.05, 3.63) is 35.4 Å². The lowest BCUT2D eigenvalue weighted by Gasteiger charge is -2.01. The molecule has 1 aromatic rings. The van der Waals surface area contributed by atoms with E-state index in [1.165, 1.54) is 7.11 Å². The average Bonchev–Trinajstić information content (AvgIpc) is 2.29. The molecule has 0 saturated carbocycles. The maximum atomic E-state index is 11.7. The second-order valence-corrected chi connectivity index (χ2v) is 3.76. The van der Waals surface area contributed by atoms with Gasteiger partial charge in [0.1, 0.15) is 6.42 Å². The zero-order chi connectivity index (χ0) is 12.8. The summed E-state index contributed by atoms with van der Waals surface area (Å²) in [7, 11) is 1.21. The third-order valence-corrected chi connectivity index (χ3v) is 2.30. The molecule has 0 aliphatic heterocycles. The number of ether oxygens (including phenoxy) is 1. The summed E-state index contributed by atoms with van der Waals surface area (Å²) in [6.45, 7) is 1.91. The van der Waals surface area contributed by atoms with Crippen molar-refractivity contribution in [2.45, 2.75) is 19.8 Å². The lowest BCUT2D eigenvalue weighted by Crippen LogP contribution is -2.13. The van der Waals surface area contributed by atoms with E-state index in [9.17, 15) is 14.4 Å². The Morgan fingerprint density at radius 1 is 1.06 bits per heavy atom. The van der Waals surface area contributed by atoms with E-state index >= 15 is 0 Å². The third-order valence-electron chi connectivity index (χ3n) is 2.30. The van der Waals surface area contributed by atoms with Gasteiger partial charge in [0.2, 0.25) is 0 Å². The molecular formula is C13H14O4. The maximum absolute atomic E-state index is 11.7. The van der Waals surface area contributed by atoms with Crippen molar-refractivity contribution < 1.29 is 19.1 Å². The first-order valence-electron chi connectivity index (χ1n) is 5.21. The summed E-state index contributed by atoms with van der Waals surface area (Å²) in [5.74, 6) is -1.33. The fourth-order valence-electron chi connectivity index (χ4n) is 1.32. The van der Waals surface area contributed by atoms with Crippen molar-refractivity contribution in [1.29, 1.82) is 0 Å². The number of hydrogen-bond acceptors (Lipinski definition) is 4. The van der Waals surface area contributed by atoms with Crippen LogP contribution in [0.1, 0.15) is 28.8 Å². The molecule has 1 rings (SSSR count). The molecule has 17 heavy (non-hydrogen) atoms. The Kier molecular flexibility index (Phi) is 4.57. The van der Waals surface area contributed by atoms with Gasteiger partial charge in [-0.05, 0) is 6.92 Å². The molecule has 4 nitrogen and oxygen atoms in total. The standard InChI is InChI=1S/C13H14O4/c1-9-3-5-10(6-4-9)12(15)7-11(14)8-13(16)17-2/h3-6H,7-8H2,1-2H3. The number of aryl methyl sites for hydroxylation is 1. The van der Waals surface area contributed by atoms with Crippen LogP contribution in [0.2, 0.25) is 0 Å². The molecule has 0 aliphatic carbocycles. The van der Waals surface area contributed by atoms with Crippen LogP contribution in [0, 0.1) is 6.92 Å². The van der Waals surface area contributed by atoms with E-state index in [-0.39, 0.29) is 18.6 Å². The van der Waals surface area contributed by atoms with Crippen LogP contribution < -0.4 is 0 Å². The van der Waals surface area contributed by atoms with E-state index in [0.717, 1.165) is 5.56 Å². The van der Waals surface area contributed by atoms with Crippen molar-refractivity contribution in [3.8, 4) is 0 Å². The Morgan fingerprint density at radius 3 is 2.18 bits per heavy atom. The number of benzene rings is 1. The highest BCUT2D eigenvalue weighted by atomic mass is 16.5. The maximum Gasteiger partial charge on any atom is 0.313 e. The van der Waals surface area contributed by atoms with E-state index < -0.39 is 11.8 Å². The second kappa shape index (κ2) is 5.94. The molecule has 0 radical (unpaired) electrons. The molecule has 1 aromatic carbocycles. The number of carbonyl (C=O) groups is 3. The number of ketones is 2. The van der Waals surface area contributed by atoms with Crippen LogP contribution in [0.4, 0.5) is 0 Å². The van der Waals surface area contributed by atoms with Gasteiger partial charge >= 0.3 is 5.97 Å². The lowest BCUT2D eigenvalue weighted by atomic mass is 10.0. The summed E-state index contributed by atoms with van der Waals surface area (Å²) < 4.78 is 4.35. The zero-order valence-corrected chi connectivity index (χ0v) is 9.86. The Morgan fingerprint density at radius 2 is 1.65 bits per heavy atom. The van der Waals surface area contributed by atoms with Crippen molar-refractivity contribution in [2.24, 2.45) is 0 Å². The molecule has 0 bridgehead atoms. The van der Waals surface area contributed by atoms with E-state index in [1.54, 1.807) is 24.3 Å². The SMILES string of the molecule is COC(=O)CC(=O)CC(=O)c1ccc(C)cc1. The molecule has 0 saturated heterocycles. The van der Waals surface area contributed by atoms with Crippen molar-refractivity contribution in [3.63, 3.8) is 0 Å². The minimum atomic E-state index is -0.619. The molecule has 0 aliphatic rings. The molecule has 4 heteroatoms. The van der Waals surface area contributed by atoms with E-state index in [1.807, 2.05) is 6.92 Å². The molecule has 0 fully saturated rings. The van der Waals surface area contributed by atoms with Gasteiger partial charge < -0.3 is 4.74 Å². The zero-order valence-electron chi connectivity index (χ0n) is 9.86. The third kappa shape index (κ3) is 4.18. The van der Waals surface area contributed by atoms with Crippen LogP contribution in [-0.4, -0.2) is 24.6 Å². The first kappa shape index (κ1) is 13.1. The van der Waals surface area contributed by atoms with Crippen LogP contribution >= 0.6 is 0 Å². The fourth-order valence-corrected chi connectivity index (χ4v) is 1.32. The molecule has 90 valence electrons. The van der Waals surface area contributed by atoms with Gasteiger partial charge in [0.15, 0.2) is 11.6 Å². The lowest BCUT2D eigenvalue weighted by molar-refractivity contribution is -0.143. The molecule has 0 unspecified atom stereocenters. The Bertz CT molecular complexity index is 431. The van der Waals surface area contributed by atoms with Gasteiger partial charge in [-0.25, -0.2) is 0 Å². The Balaban J connectivity index is 2.57. The fraction of sp³-hybridized carbons (Fsp3) is 0.308. The number of hydrogen-bond donors (Lipinski definition) is 0. The molecule has 0 spiro atoms. The molecule has 0 atom stereocenters. The normalized spacial score (nSPS) is 9.76. The smallest absolute Gasteiger partial charge is 0.313 e. The highest BCUT2D eigenvalue weighted by molar-refractivity contribution is 6.11. The van der Waals surface area contributed by atoms with Gasteiger partial charge in [0, 0.05) is 5.56 Å². The van der Waals surface area contributed by atoms with Crippen LogP contribution in [-0.2, 0) is 14.3 Å². The minimum Gasteiger partial charge on any atom is -0.469 e. The predicted octanol–water partition coefficient (Wildman–Crippen LogP) is 1.70. The first-order chi connectivity index (χ1) is 8.02. The summed E-state index contributed by atoms with van der Waals surface area (Å²) in [5, 5.41) is 0. The monoisotopic (exact) mass is 234 g/mol. The number of Topliss-reactive ketones (excluding diaryl/α,β-unsaturated/α-hetero) is 2. The largest absolute Gasteiger partial charge is 0.469 e. The first-order valence-corrected chi connectivity index (χ1v) is 5.21. The topological polar surface area (TPSA) is 60.4 Å². The summed E-state index contributed by atoms with van der Waals surface area (Å²) >= 11 is 0. The Hall–Kier alpha value is -1.97. The molecule has 0 amide bonds. The van der Waals surface area contributed by atoms with Gasteiger partial charge in [0.25, 0.3) is 0 Å². The van der Waals surface area contributed by atoms with Gasteiger partial charge in [-0.2, -0.15) is 0 Å². The van der Waals surface area contributed by atoms with Gasteiger partial charge in [-0.15, -0.1) is 0 Å². The molecule has 0 aromatic heterocycles. The van der Waals surface area contributed by atoms with Crippen LogP contribution in [0.15, 0.2) is 24.3 Å². The second-order valence-electron chi connectivity index (χ2n) is 3.76. The van der Waals surface area contributed by atoms with Gasteiger partial charge in [0.05, 0.1) is 13.5 Å². The summed E-state index contributed by atoms with van der Waals surface area (Å²) in [6, 6.07) is 6.95. The van der Waals surface area contributed by atoms with Crippen molar-refractivity contribution in [2.75, 3.05) is 7.11 Å². The van der Waals surface area contributed by atoms with E-state index in [4.69, 9.17) is 0 Å². The summed E-state index contributed by atoms with van der Waals surface area (Å²) in [4.78, 5) is 33.8. The summed E-state index contributed by atoms with van der Waals surface area (Å²) in [6.07, 6.45) is -0.619. The minimum absolute atomic E-state index is 0.266. The average molecular weight is 234 g/mol. The molecule has 0 N–H and O–H groups in total. The van der Waals surface area contributed by atoms with Crippen LogP contribution in [0.5, 0.6) is 0 Å². The van der Waals surface area contributed by atoms with Crippen molar-refractivity contribution >= 4 is 17.5 Å². The van der Waals surface area contributed by atoms with Gasteiger partial charge in [-0.1, -0.05) is 29.8 Å². The van der Waals surface area contributed by atoms with Crippen LogP contribution in [0.25, 0.3) is 0 Å². The highest BCUT2D eigenvalue weighted by Crippen LogP contribution is 2.07. The highest BCUT2D eigenvalue weighted by Gasteiger charge is 2.15. The van der Waals surface area contributed by atoms with Crippen molar-refractivity contribution in [1.82, 2.24) is 0 Å². The van der Waals surface area contributed by atoms with Gasteiger partial charge in [-0.3, -0.25) is 14.4 Å². The number of methoxy groups -OCH3 is 1. The van der Waals surface area contributed by atoms with Crippen LogP contribution in [0.3, 0.4) is 0 Å².